The number of H-pyrrole nitrogens is 1. The van der Waals surface area contributed by atoms with Gasteiger partial charge in [-0.15, -0.1) is 0 Å². The number of aromatic amines is 1. The minimum atomic E-state index is -1.95. The number of rotatable bonds is 4. The highest BCUT2D eigenvalue weighted by Crippen LogP contribution is 2.30. The van der Waals surface area contributed by atoms with Crippen molar-refractivity contribution in [1.29, 1.82) is 0 Å². The number of aliphatic hydroxyl groups is 2. The SMILES string of the molecule is O=c1[nH]c(=O)n([C@H]2O[C@@H](CO)[C@H](O)C2F)cc1CCF. The molecule has 1 unspecified atom stereocenters. The maximum Gasteiger partial charge on any atom is 0.330 e. The van der Waals surface area contributed by atoms with E-state index >= 15 is 0 Å². The fourth-order valence-electron chi connectivity index (χ4n) is 2.07. The Bertz CT molecular complexity index is 587. The Kier molecular flexibility index (Phi) is 4.31. The molecule has 4 atom stereocenters. The standard InChI is InChI=1S/C11H14F2N2O5/c12-2-1-5-3-15(11(19)14-9(5)18)10-7(13)8(17)6(4-16)20-10/h3,6-8,10,16-17H,1-2,4H2,(H,14,18,19)/t6-,7?,8-,10-/m0/s1. The third-order valence-corrected chi connectivity index (χ3v) is 3.15. The molecule has 7 nitrogen and oxygen atoms in total. The summed E-state index contributed by atoms with van der Waals surface area (Å²) in [6, 6.07) is 0. The summed E-state index contributed by atoms with van der Waals surface area (Å²) in [6.07, 6.45) is -5.42. The van der Waals surface area contributed by atoms with Gasteiger partial charge in [0.15, 0.2) is 12.4 Å². The fourth-order valence-corrected chi connectivity index (χ4v) is 2.07. The van der Waals surface area contributed by atoms with E-state index < -0.39 is 49.1 Å². The Labute approximate surface area is 111 Å². The van der Waals surface area contributed by atoms with Crippen LogP contribution in [0.3, 0.4) is 0 Å². The smallest absolute Gasteiger partial charge is 0.330 e. The van der Waals surface area contributed by atoms with Crippen molar-refractivity contribution in [3.63, 3.8) is 0 Å². The monoisotopic (exact) mass is 292 g/mol. The van der Waals surface area contributed by atoms with E-state index in [1.807, 2.05) is 4.98 Å². The van der Waals surface area contributed by atoms with Gasteiger partial charge in [-0.05, 0) is 0 Å². The fraction of sp³-hybridized carbons (Fsp3) is 0.636. The summed E-state index contributed by atoms with van der Waals surface area (Å²) in [4.78, 5) is 25.0. The molecule has 1 saturated heterocycles. The molecular weight excluding hydrogens is 278 g/mol. The van der Waals surface area contributed by atoms with Gasteiger partial charge in [-0.2, -0.15) is 0 Å². The molecule has 0 bridgehead atoms. The molecule has 0 aliphatic carbocycles. The summed E-state index contributed by atoms with van der Waals surface area (Å²) in [5, 5.41) is 18.4. The molecule has 112 valence electrons. The summed E-state index contributed by atoms with van der Waals surface area (Å²) in [6.45, 7) is -1.43. The number of aromatic nitrogens is 2. The average Bonchev–Trinajstić information content (AvgIpc) is 2.70. The number of halogens is 2. The van der Waals surface area contributed by atoms with Crippen molar-refractivity contribution in [2.75, 3.05) is 13.3 Å². The van der Waals surface area contributed by atoms with E-state index in [-0.39, 0.29) is 12.0 Å². The normalized spacial score (nSPS) is 29.8. The molecule has 0 aromatic carbocycles. The van der Waals surface area contributed by atoms with Crippen molar-refractivity contribution in [2.24, 2.45) is 0 Å². The highest BCUT2D eigenvalue weighted by Gasteiger charge is 2.45. The molecule has 1 aliphatic rings. The zero-order chi connectivity index (χ0) is 14.9. The van der Waals surface area contributed by atoms with Crippen molar-refractivity contribution in [1.82, 2.24) is 9.55 Å². The largest absolute Gasteiger partial charge is 0.394 e. The molecule has 2 rings (SSSR count). The molecule has 0 spiro atoms. The first-order valence-corrected chi connectivity index (χ1v) is 5.98. The van der Waals surface area contributed by atoms with Crippen LogP contribution in [0.2, 0.25) is 0 Å². The van der Waals surface area contributed by atoms with Gasteiger partial charge in [0, 0.05) is 18.2 Å². The van der Waals surface area contributed by atoms with Crippen molar-refractivity contribution in [2.45, 2.75) is 31.0 Å². The Hall–Kier alpha value is -1.58. The van der Waals surface area contributed by atoms with Crippen LogP contribution in [0.1, 0.15) is 11.8 Å². The van der Waals surface area contributed by atoms with Crippen molar-refractivity contribution in [3.05, 3.63) is 32.6 Å². The molecule has 3 N–H and O–H groups in total. The maximum absolute atomic E-state index is 13.9. The quantitative estimate of drug-likeness (QED) is 0.635. The molecule has 0 radical (unpaired) electrons. The number of hydrogen-bond donors (Lipinski definition) is 3. The summed E-state index contributed by atoms with van der Waals surface area (Å²) >= 11 is 0. The predicted molar refractivity (Wildman–Crippen MR) is 62.9 cm³/mol. The molecule has 0 amide bonds. The molecule has 1 aromatic rings. The van der Waals surface area contributed by atoms with Gasteiger partial charge in [-0.25, -0.2) is 9.18 Å². The molecule has 1 fully saturated rings. The van der Waals surface area contributed by atoms with E-state index in [0.717, 1.165) is 10.8 Å². The highest BCUT2D eigenvalue weighted by molar-refractivity contribution is 5.06. The molecular formula is C11H14F2N2O5. The number of ether oxygens (including phenoxy) is 1. The molecule has 1 aliphatic heterocycles. The number of aryl methyl sites for hydroxylation is 1. The van der Waals surface area contributed by atoms with Gasteiger partial charge in [0.25, 0.3) is 5.56 Å². The summed E-state index contributed by atoms with van der Waals surface area (Å²) in [5.74, 6) is 0. The van der Waals surface area contributed by atoms with Crippen LogP contribution < -0.4 is 11.2 Å². The zero-order valence-electron chi connectivity index (χ0n) is 10.3. The number of nitrogens with one attached hydrogen (secondary N) is 1. The first kappa shape index (κ1) is 14.8. The minimum absolute atomic E-state index is 0.0372. The van der Waals surface area contributed by atoms with E-state index in [9.17, 15) is 23.5 Å². The molecule has 0 saturated carbocycles. The van der Waals surface area contributed by atoms with Crippen molar-refractivity contribution >= 4 is 0 Å². The lowest BCUT2D eigenvalue weighted by Gasteiger charge is -2.16. The molecule has 1 aromatic heterocycles. The first-order valence-electron chi connectivity index (χ1n) is 5.98. The van der Waals surface area contributed by atoms with Crippen molar-refractivity contribution < 1.29 is 23.7 Å². The maximum atomic E-state index is 13.9. The first-order chi connectivity index (χ1) is 9.49. The third-order valence-electron chi connectivity index (χ3n) is 3.15. The summed E-state index contributed by atoms with van der Waals surface area (Å²) < 4.78 is 32.0. The van der Waals surface area contributed by atoms with Gasteiger partial charge < -0.3 is 14.9 Å². The number of alkyl halides is 2. The molecule has 9 heteroatoms. The number of hydrogen-bond acceptors (Lipinski definition) is 5. The second kappa shape index (κ2) is 5.81. The van der Waals surface area contributed by atoms with Crippen LogP contribution in [0.5, 0.6) is 0 Å². The van der Waals surface area contributed by atoms with Crippen LogP contribution in [-0.2, 0) is 11.2 Å². The summed E-state index contributed by atoms with van der Waals surface area (Å²) in [7, 11) is 0. The lowest BCUT2D eigenvalue weighted by Crippen LogP contribution is -2.37. The van der Waals surface area contributed by atoms with E-state index in [2.05, 4.69) is 0 Å². The second-order valence-electron chi connectivity index (χ2n) is 4.44. The van der Waals surface area contributed by atoms with Crippen LogP contribution in [0, 0.1) is 0 Å². The summed E-state index contributed by atoms with van der Waals surface area (Å²) in [5.41, 5.74) is -1.72. The van der Waals surface area contributed by atoms with Gasteiger partial charge in [0.1, 0.15) is 12.2 Å². The van der Waals surface area contributed by atoms with Gasteiger partial charge in [-0.1, -0.05) is 0 Å². The number of nitrogens with zero attached hydrogens (tertiary/aromatic N) is 1. The Morgan fingerprint density at radius 2 is 2.15 bits per heavy atom. The van der Waals surface area contributed by atoms with E-state index in [0.29, 0.717) is 0 Å². The minimum Gasteiger partial charge on any atom is -0.394 e. The van der Waals surface area contributed by atoms with Crippen molar-refractivity contribution in [3.8, 4) is 0 Å². The van der Waals surface area contributed by atoms with Gasteiger partial charge >= 0.3 is 5.69 Å². The number of aliphatic hydroxyl groups excluding tert-OH is 2. The predicted octanol–water partition coefficient (Wildman–Crippen LogP) is -1.36. The van der Waals surface area contributed by atoms with Crippen LogP contribution >= 0.6 is 0 Å². The van der Waals surface area contributed by atoms with Gasteiger partial charge in [0.05, 0.1) is 13.3 Å². The average molecular weight is 292 g/mol. The second-order valence-corrected chi connectivity index (χ2v) is 4.44. The Morgan fingerprint density at radius 3 is 2.70 bits per heavy atom. The van der Waals surface area contributed by atoms with Crippen LogP contribution in [0.25, 0.3) is 0 Å². The lowest BCUT2D eigenvalue weighted by atomic mass is 10.1. The highest BCUT2D eigenvalue weighted by atomic mass is 19.1. The Balaban J connectivity index is 2.40. The molecule has 20 heavy (non-hydrogen) atoms. The molecule has 2 heterocycles. The topological polar surface area (TPSA) is 105 Å². The van der Waals surface area contributed by atoms with Crippen LogP contribution in [-0.4, -0.2) is 51.4 Å². The van der Waals surface area contributed by atoms with E-state index in [1.165, 1.54) is 0 Å². The van der Waals surface area contributed by atoms with Crippen LogP contribution in [0.15, 0.2) is 15.8 Å². The van der Waals surface area contributed by atoms with E-state index in [4.69, 9.17) is 9.84 Å². The van der Waals surface area contributed by atoms with Crippen LogP contribution in [0.4, 0.5) is 8.78 Å². The lowest BCUT2D eigenvalue weighted by molar-refractivity contribution is -0.0492. The zero-order valence-corrected chi connectivity index (χ0v) is 10.3. The Morgan fingerprint density at radius 1 is 1.45 bits per heavy atom. The van der Waals surface area contributed by atoms with Gasteiger partial charge in [-0.3, -0.25) is 18.7 Å². The third kappa shape index (κ3) is 2.51. The van der Waals surface area contributed by atoms with Gasteiger partial charge in [0.2, 0.25) is 0 Å². The van der Waals surface area contributed by atoms with E-state index in [1.54, 1.807) is 0 Å².